The average molecular weight is 613 g/mol. The molecule has 8 nitrogen and oxygen atoms in total. The van der Waals surface area contributed by atoms with Crippen LogP contribution in [0.4, 0.5) is 9.52 Å². The number of fused-ring (bicyclic) bond motifs is 1. The molecule has 0 spiro atoms. The molecule has 2 aromatic heterocycles. The van der Waals surface area contributed by atoms with E-state index in [4.69, 9.17) is 19.4 Å². The molecule has 1 atom stereocenters. The lowest BCUT2D eigenvalue weighted by molar-refractivity contribution is -0.120. The van der Waals surface area contributed by atoms with Gasteiger partial charge in [0.2, 0.25) is 0 Å². The van der Waals surface area contributed by atoms with Crippen LogP contribution in [0.15, 0.2) is 71.5 Å². The number of ketones is 1. The van der Waals surface area contributed by atoms with Crippen LogP contribution < -0.4 is 19.9 Å². The first-order valence-corrected chi connectivity index (χ1v) is 15.4. The summed E-state index contributed by atoms with van der Waals surface area (Å²) in [6, 6.07) is 19.8. The minimum atomic E-state index is -0.481. The number of aromatic nitrogens is 3. The second-order valence-electron chi connectivity index (χ2n) is 10.9. The van der Waals surface area contributed by atoms with Crippen LogP contribution in [0.25, 0.3) is 21.7 Å². The number of benzene rings is 3. The van der Waals surface area contributed by atoms with E-state index >= 15 is 4.39 Å². The molecule has 1 saturated heterocycles. The number of rotatable bonds is 10. The summed E-state index contributed by atoms with van der Waals surface area (Å²) >= 11 is 1.27. The van der Waals surface area contributed by atoms with Crippen LogP contribution in [0.1, 0.15) is 36.0 Å². The Morgan fingerprint density at radius 2 is 1.86 bits per heavy atom. The minimum Gasteiger partial charge on any atom is -0.497 e. The summed E-state index contributed by atoms with van der Waals surface area (Å²) in [5.41, 5.74) is 2.68. The van der Waals surface area contributed by atoms with E-state index in [9.17, 15) is 9.59 Å². The zero-order valence-corrected chi connectivity index (χ0v) is 25.7. The van der Waals surface area contributed by atoms with Gasteiger partial charge in [-0.05, 0) is 56.0 Å². The summed E-state index contributed by atoms with van der Waals surface area (Å²) in [4.78, 5) is 39.5. The first kappa shape index (κ1) is 29.5. The molecule has 3 aromatic carbocycles. The molecule has 10 heteroatoms. The summed E-state index contributed by atoms with van der Waals surface area (Å²) < 4.78 is 27.6. The number of nitrogens with zero attached hydrogens (tertiary/aromatic N) is 4. The highest BCUT2D eigenvalue weighted by molar-refractivity contribution is 7.21. The van der Waals surface area contributed by atoms with Gasteiger partial charge in [-0.2, -0.15) is 0 Å². The highest BCUT2D eigenvalue weighted by atomic mass is 32.1. The number of ether oxygens (including phenoxy) is 2. The van der Waals surface area contributed by atoms with Crippen molar-refractivity contribution in [2.75, 3.05) is 25.7 Å². The van der Waals surface area contributed by atoms with Crippen molar-refractivity contribution in [3.05, 3.63) is 99.6 Å². The van der Waals surface area contributed by atoms with Crippen molar-refractivity contribution in [2.24, 2.45) is 0 Å². The molecule has 1 aliphatic rings. The third-order valence-corrected chi connectivity index (χ3v) is 9.05. The van der Waals surface area contributed by atoms with E-state index in [2.05, 4.69) is 0 Å². The third kappa shape index (κ3) is 5.81. The molecule has 3 heterocycles. The van der Waals surface area contributed by atoms with Gasteiger partial charge < -0.3 is 14.4 Å². The van der Waals surface area contributed by atoms with Crippen LogP contribution in [0.2, 0.25) is 0 Å². The number of hydrogen-bond acceptors (Lipinski definition) is 8. The van der Waals surface area contributed by atoms with Crippen molar-refractivity contribution in [1.82, 2.24) is 14.5 Å². The quantitative estimate of drug-likeness (QED) is 0.186. The Kier molecular flexibility index (Phi) is 8.43. The molecule has 1 fully saturated rings. The van der Waals surface area contributed by atoms with Gasteiger partial charge >= 0.3 is 0 Å². The SMILES string of the molecule is COc1ccc(Cn2c(-c3cc(C)ccc3F)nc3sc(N4CCC[C@@H]4C(=O)CCc4ccccc4)nc3c2=O)c(OC)c1. The number of halogens is 1. The highest BCUT2D eigenvalue weighted by Gasteiger charge is 2.33. The van der Waals surface area contributed by atoms with Crippen molar-refractivity contribution >= 4 is 32.6 Å². The predicted molar refractivity (Wildman–Crippen MR) is 171 cm³/mol. The molecule has 0 aliphatic carbocycles. The van der Waals surface area contributed by atoms with Crippen molar-refractivity contribution in [2.45, 2.75) is 45.2 Å². The van der Waals surface area contributed by atoms with Gasteiger partial charge in [-0.25, -0.2) is 14.4 Å². The molecule has 0 unspecified atom stereocenters. The zero-order valence-electron chi connectivity index (χ0n) is 24.9. The Morgan fingerprint density at radius 3 is 2.64 bits per heavy atom. The molecule has 5 aromatic rings. The second-order valence-corrected chi connectivity index (χ2v) is 11.9. The number of aryl methyl sites for hydroxylation is 2. The highest BCUT2D eigenvalue weighted by Crippen LogP contribution is 2.34. The smallest absolute Gasteiger partial charge is 0.281 e. The molecular weight excluding hydrogens is 579 g/mol. The summed E-state index contributed by atoms with van der Waals surface area (Å²) in [5, 5.41) is 0.579. The van der Waals surface area contributed by atoms with Gasteiger partial charge in [0.05, 0.1) is 32.4 Å². The fourth-order valence-electron chi connectivity index (χ4n) is 5.74. The molecule has 226 valence electrons. The second kappa shape index (κ2) is 12.6. The Bertz CT molecular complexity index is 1890. The van der Waals surface area contributed by atoms with Gasteiger partial charge in [-0.15, -0.1) is 0 Å². The Balaban J connectivity index is 1.40. The third-order valence-electron chi connectivity index (χ3n) is 8.07. The van der Waals surface area contributed by atoms with Crippen molar-refractivity contribution in [3.63, 3.8) is 0 Å². The Hall–Kier alpha value is -4.57. The number of hydrogen-bond donors (Lipinski definition) is 0. The van der Waals surface area contributed by atoms with Crippen LogP contribution in [-0.4, -0.2) is 47.1 Å². The maximum atomic E-state index is 15.3. The van der Waals surface area contributed by atoms with Gasteiger partial charge in [0, 0.05) is 24.6 Å². The van der Waals surface area contributed by atoms with E-state index in [0.717, 1.165) is 24.0 Å². The minimum absolute atomic E-state index is 0.0782. The number of carbonyl (C=O) groups excluding carboxylic acids is 1. The van der Waals surface area contributed by atoms with E-state index in [1.807, 2.05) is 48.2 Å². The van der Waals surface area contributed by atoms with E-state index in [1.54, 1.807) is 38.5 Å². The van der Waals surface area contributed by atoms with Crippen molar-refractivity contribution in [3.8, 4) is 22.9 Å². The summed E-state index contributed by atoms with van der Waals surface area (Å²) in [6.07, 6.45) is 2.70. The average Bonchev–Trinajstić information content (AvgIpc) is 3.71. The van der Waals surface area contributed by atoms with Crippen LogP contribution >= 0.6 is 11.3 Å². The summed E-state index contributed by atoms with van der Waals surface area (Å²) in [7, 11) is 3.11. The number of carbonyl (C=O) groups is 1. The number of methoxy groups -OCH3 is 2. The van der Waals surface area contributed by atoms with E-state index in [-0.39, 0.29) is 35.3 Å². The molecule has 0 radical (unpaired) electrons. The normalized spacial score (nSPS) is 14.7. The number of anilines is 1. The molecule has 44 heavy (non-hydrogen) atoms. The number of Topliss-reactive ketones (excluding diaryl/α,β-unsaturated/α-hetero) is 1. The van der Waals surface area contributed by atoms with Gasteiger partial charge in [0.25, 0.3) is 5.56 Å². The lowest BCUT2D eigenvalue weighted by Gasteiger charge is -2.22. The van der Waals surface area contributed by atoms with Crippen LogP contribution in [0, 0.1) is 12.7 Å². The molecule has 0 N–H and O–H groups in total. The first-order chi connectivity index (χ1) is 21.4. The van der Waals surface area contributed by atoms with E-state index in [0.29, 0.717) is 46.4 Å². The van der Waals surface area contributed by atoms with Crippen LogP contribution in [-0.2, 0) is 17.8 Å². The zero-order chi connectivity index (χ0) is 30.8. The maximum absolute atomic E-state index is 15.3. The molecule has 0 bridgehead atoms. The molecule has 0 saturated carbocycles. The largest absolute Gasteiger partial charge is 0.497 e. The first-order valence-electron chi connectivity index (χ1n) is 14.6. The Morgan fingerprint density at radius 1 is 1.05 bits per heavy atom. The van der Waals surface area contributed by atoms with Gasteiger partial charge in [-0.1, -0.05) is 53.3 Å². The maximum Gasteiger partial charge on any atom is 0.281 e. The summed E-state index contributed by atoms with van der Waals surface area (Å²) in [6.45, 7) is 2.61. The molecular formula is C34H33FN4O4S. The van der Waals surface area contributed by atoms with Gasteiger partial charge in [0.1, 0.15) is 23.1 Å². The van der Waals surface area contributed by atoms with Crippen LogP contribution in [0.5, 0.6) is 11.5 Å². The van der Waals surface area contributed by atoms with Crippen molar-refractivity contribution in [1.29, 1.82) is 0 Å². The molecule has 1 aliphatic heterocycles. The van der Waals surface area contributed by atoms with E-state index < -0.39 is 11.4 Å². The van der Waals surface area contributed by atoms with Crippen molar-refractivity contribution < 1.29 is 18.7 Å². The number of thiazole rings is 1. The monoisotopic (exact) mass is 612 g/mol. The summed E-state index contributed by atoms with van der Waals surface area (Å²) in [5.74, 6) is 1.02. The Labute approximate surface area is 258 Å². The lowest BCUT2D eigenvalue weighted by Crippen LogP contribution is -2.36. The fraction of sp³-hybridized carbons (Fsp3) is 0.294. The van der Waals surface area contributed by atoms with Crippen LogP contribution in [0.3, 0.4) is 0 Å². The van der Waals surface area contributed by atoms with E-state index in [1.165, 1.54) is 22.0 Å². The lowest BCUT2D eigenvalue weighted by atomic mass is 10.0. The predicted octanol–water partition coefficient (Wildman–Crippen LogP) is 6.20. The topological polar surface area (TPSA) is 86.5 Å². The van der Waals surface area contributed by atoms with Gasteiger partial charge in [0.15, 0.2) is 21.3 Å². The fourth-order valence-corrected chi connectivity index (χ4v) is 6.75. The standard InChI is InChI=1S/C34H33FN4O4S/c1-21-11-15-26(35)25(18-21)31-37-32-30(33(41)39(31)20-23-13-14-24(42-2)19-29(23)43-3)36-34(44-32)38-17-7-10-27(38)28(40)16-12-22-8-5-4-6-9-22/h4-6,8-9,11,13-15,18-19,27H,7,10,12,16-17,20H2,1-3H3/t27-/m1/s1. The van der Waals surface area contributed by atoms with Gasteiger partial charge in [-0.3, -0.25) is 14.2 Å². The molecule has 0 amide bonds. The molecule has 6 rings (SSSR count).